The number of nitrogens with one attached hydrogen (secondary N) is 1. The Bertz CT molecular complexity index is 926. The lowest BCUT2D eigenvalue weighted by Gasteiger charge is -2.35. The van der Waals surface area contributed by atoms with Gasteiger partial charge in [0.1, 0.15) is 5.60 Å². The molecule has 2 aromatic rings. The summed E-state index contributed by atoms with van der Waals surface area (Å²) in [6, 6.07) is 13.7. The highest BCUT2D eigenvalue weighted by molar-refractivity contribution is 6.00. The fraction of sp³-hybridized carbons (Fsp3) is 0.417. The van der Waals surface area contributed by atoms with Crippen LogP contribution in [0.4, 0.5) is 16.2 Å². The molecule has 0 spiro atoms. The van der Waals surface area contributed by atoms with Gasteiger partial charge in [-0.3, -0.25) is 4.79 Å². The van der Waals surface area contributed by atoms with Gasteiger partial charge in [0.2, 0.25) is 0 Å². The molecule has 3 rings (SSSR count). The average molecular weight is 410 g/mol. The second kappa shape index (κ2) is 8.78. The van der Waals surface area contributed by atoms with E-state index in [-0.39, 0.29) is 12.0 Å². The van der Waals surface area contributed by atoms with Crippen LogP contribution in [0.25, 0.3) is 0 Å². The lowest BCUT2D eigenvalue weighted by atomic mass is 10.1. The van der Waals surface area contributed by atoms with Crippen molar-refractivity contribution in [2.45, 2.75) is 40.2 Å². The number of carbonyl (C=O) groups is 2. The second-order valence-corrected chi connectivity index (χ2v) is 8.68. The van der Waals surface area contributed by atoms with Gasteiger partial charge in [-0.25, -0.2) is 4.79 Å². The van der Waals surface area contributed by atoms with Gasteiger partial charge in [-0.15, -0.1) is 0 Å². The molecule has 2 amide bonds. The number of amides is 2. The smallest absolute Gasteiger partial charge is 0.410 e. The molecule has 2 aromatic carbocycles. The molecular formula is C24H31N3O3. The number of rotatable bonds is 3. The molecular weight excluding hydrogens is 378 g/mol. The third-order valence-corrected chi connectivity index (χ3v) is 5.25. The van der Waals surface area contributed by atoms with E-state index in [1.165, 1.54) is 5.56 Å². The molecule has 0 aliphatic carbocycles. The first-order valence-electron chi connectivity index (χ1n) is 10.3. The predicted molar refractivity (Wildman–Crippen MR) is 119 cm³/mol. The fourth-order valence-electron chi connectivity index (χ4n) is 3.40. The molecule has 1 N–H and O–H groups in total. The van der Waals surface area contributed by atoms with Crippen LogP contribution in [0.15, 0.2) is 42.5 Å². The molecule has 0 radical (unpaired) electrons. The zero-order chi connectivity index (χ0) is 21.9. The number of hydrogen-bond acceptors (Lipinski definition) is 4. The summed E-state index contributed by atoms with van der Waals surface area (Å²) in [6.45, 7) is 11.6. The zero-order valence-electron chi connectivity index (χ0n) is 18.5. The Morgan fingerprint density at radius 3 is 2.13 bits per heavy atom. The Morgan fingerprint density at radius 1 is 0.867 bits per heavy atom. The molecule has 0 atom stereocenters. The maximum Gasteiger partial charge on any atom is 0.410 e. The Hall–Kier alpha value is -3.02. The van der Waals surface area contributed by atoms with Crippen LogP contribution in [0.3, 0.4) is 0 Å². The maximum atomic E-state index is 13.2. The van der Waals surface area contributed by atoms with Crippen molar-refractivity contribution in [3.05, 3.63) is 59.2 Å². The minimum Gasteiger partial charge on any atom is -0.444 e. The molecule has 1 aliphatic rings. The number of nitrogens with zero attached hydrogens (tertiary/aromatic N) is 2. The van der Waals surface area contributed by atoms with Crippen molar-refractivity contribution in [1.29, 1.82) is 0 Å². The van der Waals surface area contributed by atoms with Crippen LogP contribution in [-0.2, 0) is 4.74 Å². The van der Waals surface area contributed by atoms with Gasteiger partial charge < -0.3 is 19.9 Å². The molecule has 0 saturated carbocycles. The first kappa shape index (κ1) is 21.7. The Balaban J connectivity index is 1.70. The van der Waals surface area contributed by atoms with Gasteiger partial charge in [-0.05, 0) is 63.9 Å². The summed E-state index contributed by atoms with van der Waals surface area (Å²) in [5.41, 5.74) is 4.23. The molecule has 30 heavy (non-hydrogen) atoms. The first-order chi connectivity index (χ1) is 14.2. The Labute approximate surface area is 178 Å². The van der Waals surface area contributed by atoms with Crippen molar-refractivity contribution in [3.63, 3.8) is 0 Å². The topological polar surface area (TPSA) is 61.9 Å². The van der Waals surface area contributed by atoms with Crippen LogP contribution in [-0.4, -0.2) is 53.6 Å². The van der Waals surface area contributed by atoms with Gasteiger partial charge in [-0.2, -0.15) is 0 Å². The fourth-order valence-corrected chi connectivity index (χ4v) is 3.40. The molecule has 0 unspecified atom stereocenters. The largest absolute Gasteiger partial charge is 0.444 e. The van der Waals surface area contributed by atoms with E-state index < -0.39 is 5.60 Å². The van der Waals surface area contributed by atoms with Crippen LogP contribution in [0.1, 0.15) is 42.3 Å². The highest BCUT2D eigenvalue weighted by Gasteiger charge is 2.28. The number of hydrogen-bond donors (Lipinski definition) is 1. The molecule has 1 fully saturated rings. The van der Waals surface area contributed by atoms with Gasteiger partial charge in [0.05, 0.1) is 11.3 Å². The van der Waals surface area contributed by atoms with Crippen LogP contribution < -0.4 is 5.32 Å². The quantitative estimate of drug-likeness (QED) is 0.795. The molecule has 6 heteroatoms. The van der Waals surface area contributed by atoms with E-state index in [0.717, 1.165) is 16.9 Å². The molecule has 6 nitrogen and oxygen atoms in total. The first-order valence-corrected chi connectivity index (χ1v) is 10.3. The number of ether oxygens (including phenoxy) is 1. The number of carbonyl (C=O) groups excluding carboxylic acids is 2. The summed E-state index contributed by atoms with van der Waals surface area (Å²) in [5.74, 6) is -0.0350. The summed E-state index contributed by atoms with van der Waals surface area (Å²) >= 11 is 0. The standard InChI is InChI=1S/C24H31N3O3/c1-17-9-8-12-20(18(17)2)25-21-11-7-6-10-19(21)22(28)26-13-15-27(16-14-26)23(29)30-24(3,4)5/h6-12,25H,13-16H2,1-5H3. The van der Waals surface area contributed by atoms with Crippen LogP contribution in [0.5, 0.6) is 0 Å². The predicted octanol–water partition coefficient (Wildman–Crippen LogP) is 4.74. The molecule has 1 aliphatic heterocycles. The summed E-state index contributed by atoms with van der Waals surface area (Å²) < 4.78 is 5.44. The zero-order valence-corrected chi connectivity index (χ0v) is 18.5. The summed E-state index contributed by atoms with van der Waals surface area (Å²) in [6.07, 6.45) is -0.327. The highest BCUT2D eigenvalue weighted by atomic mass is 16.6. The molecule has 0 aromatic heterocycles. The minimum atomic E-state index is -0.525. The van der Waals surface area contributed by atoms with Crippen molar-refractivity contribution < 1.29 is 14.3 Å². The monoisotopic (exact) mass is 409 g/mol. The third-order valence-electron chi connectivity index (χ3n) is 5.25. The summed E-state index contributed by atoms with van der Waals surface area (Å²) in [4.78, 5) is 28.9. The molecule has 160 valence electrons. The molecule has 0 bridgehead atoms. The molecule has 1 heterocycles. The van der Waals surface area contributed by atoms with Crippen molar-refractivity contribution in [2.24, 2.45) is 0 Å². The van der Waals surface area contributed by atoms with Gasteiger partial charge in [0.25, 0.3) is 5.91 Å². The van der Waals surface area contributed by atoms with E-state index in [0.29, 0.717) is 31.7 Å². The molecule has 1 saturated heterocycles. The van der Waals surface area contributed by atoms with E-state index in [1.807, 2.05) is 57.2 Å². The van der Waals surface area contributed by atoms with Gasteiger partial charge in [0.15, 0.2) is 0 Å². The van der Waals surface area contributed by atoms with E-state index in [4.69, 9.17) is 4.74 Å². The van der Waals surface area contributed by atoms with Crippen LogP contribution in [0, 0.1) is 13.8 Å². The lowest BCUT2D eigenvalue weighted by Crippen LogP contribution is -2.51. The van der Waals surface area contributed by atoms with Crippen molar-refractivity contribution in [3.8, 4) is 0 Å². The van der Waals surface area contributed by atoms with Crippen LogP contribution in [0.2, 0.25) is 0 Å². The number of piperazine rings is 1. The van der Waals surface area contributed by atoms with E-state index >= 15 is 0 Å². The minimum absolute atomic E-state index is 0.0350. The van der Waals surface area contributed by atoms with E-state index in [2.05, 4.69) is 25.2 Å². The average Bonchev–Trinajstić information content (AvgIpc) is 2.70. The Kier molecular flexibility index (Phi) is 6.34. The maximum absolute atomic E-state index is 13.2. The van der Waals surface area contributed by atoms with Crippen molar-refractivity contribution >= 4 is 23.4 Å². The lowest BCUT2D eigenvalue weighted by molar-refractivity contribution is 0.0141. The SMILES string of the molecule is Cc1cccc(Nc2ccccc2C(=O)N2CCN(C(=O)OC(C)(C)C)CC2)c1C. The normalized spacial score (nSPS) is 14.4. The number of anilines is 2. The van der Waals surface area contributed by atoms with E-state index in [1.54, 1.807) is 9.80 Å². The number of aryl methyl sites for hydroxylation is 1. The van der Waals surface area contributed by atoms with Gasteiger partial charge >= 0.3 is 6.09 Å². The third kappa shape index (κ3) is 5.12. The van der Waals surface area contributed by atoms with Crippen molar-refractivity contribution in [2.75, 3.05) is 31.5 Å². The van der Waals surface area contributed by atoms with Crippen LogP contribution >= 0.6 is 0 Å². The van der Waals surface area contributed by atoms with Gasteiger partial charge in [0, 0.05) is 31.9 Å². The number of para-hydroxylation sites is 1. The van der Waals surface area contributed by atoms with E-state index in [9.17, 15) is 9.59 Å². The summed E-state index contributed by atoms with van der Waals surface area (Å²) in [5, 5.41) is 3.42. The van der Waals surface area contributed by atoms with Gasteiger partial charge in [-0.1, -0.05) is 24.3 Å². The second-order valence-electron chi connectivity index (χ2n) is 8.68. The highest BCUT2D eigenvalue weighted by Crippen LogP contribution is 2.26. The Morgan fingerprint density at radius 2 is 1.47 bits per heavy atom. The number of benzene rings is 2. The van der Waals surface area contributed by atoms with Crippen molar-refractivity contribution in [1.82, 2.24) is 9.80 Å². The summed E-state index contributed by atoms with van der Waals surface area (Å²) in [7, 11) is 0.